The number of aromatic nitrogens is 2. The number of rotatable bonds is 6. The van der Waals surface area contributed by atoms with Gasteiger partial charge in [0, 0.05) is 6.07 Å². The largest absolute Gasteiger partial charge is 0.496 e. The van der Waals surface area contributed by atoms with Crippen LogP contribution in [0.5, 0.6) is 5.75 Å². The zero-order valence-electron chi connectivity index (χ0n) is 14.6. The quantitative estimate of drug-likeness (QED) is 0.811. The Bertz CT molecular complexity index is 874. The minimum absolute atomic E-state index is 0.0685. The number of amides is 1. The Labute approximate surface area is 147 Å². The first-order valence-corrected chi connectivity index (χ1v) is 9.25. The third-order valence-electron chi connectivity index (χ3n) is 4.01. The normalized spacial score (nSPS) is 12.9. The molecule has 9 heteroatoms. The molecule has 0 aliphatic carbocycles. The van der Waals surface area contributed by atoms with Crippen molar-refractivity contribution >= 4 is 21.7 Å². The topological polar surface area (TPSA) is 116 Å². The van der Waals surface area contributed by atoms with Crippen LogP contribution in [-0.2, 0) is 10.0 Å². The SMILES string of the molecule is COc1ccc(S(N)(=O)=O)cc1C(=O)Nc1ccnn1C(C)C(C)C. The number of carbonyl (C=O) groups is 1. The van der Waals surface area contributed by atoms with Gasteiger partial charge in [0.25, 0.3) is 5.91 Å². The maximum Gasteiger partial charge on any atom is 0.260 e. The first-order chi connectivity index (χ1) is 11.6. The standard InChI is InChI=1S/C16H22N4O4S/c1-10(2)11(3)20-15(7-8-18-20)19-16(21)13-9-12(25(17,22)23)5-6-14(13)24-4/h5-11H,1-4H3,(H,19,21)(H2,17,22,23). The summed E-state index contributed by atoms with van der Waals surface area (Å²) in [7, 11) is -2.54. The van der Waals surface area contributed by atoms with E-state index in [2.05, 4.69) is 24.3 Å². The van der Waals surface area contributed by atoms with E-state index in [1.165, 1.54) is 25.3 Å². The second-order valence-electron chi connectivity index (χ2n) is 6.01. The number of carbonyl (C=O) groups excluding carboxylic acids is 1. The van der Waals surface area contributed by atoms with Crippen LogP contribution < -0.4 is 15.2 Å². The van der Waals surface area contributed by atoms with Crippen molar-refractivity contribution < 1.29 is 17.9 Å². The first-order valence-electron chi connectivity index (χ1n) is 7.71. The molecule has 1 heterocycles. The van der Waals surface area contributed by atoms with Crippen LogP contribution in [0.25, 0.3) is 0 Å². The second kappa shape index (κ2) is 7.24. The lowest BCUT2D eigenvalue weighted by atomic mass is 10.1. The van der Waals surface area contributed by atoms with Crippen molar-refractivity contribution in [1.82, 2.24) is 9.78 Å². The van der Waals surface area contributed by atoms with E-state index in [0.29, 0.717) is 11.7 Å². The molecule has 0 aliphatic rings. The second-order valence-corrected chi connectivity index (χ2v) is 7.57. The van der Waals surface area contributed by atoms with E-state index in [9.17, 15) is 13.2 Å². The van der Waals surface area contributed by atoms with E-state index in [0.717, 1.165) is 0 Å². The third-order valence-corrected chi connectivity index (χ3v) is 4.92. The van der Waals surface area contributed by atoms with Crippen LogP contribution >= 0.6 is 0 Å². The third kappa shape index (κ3) is 4.18. The van der Waals surface area contributed by atoms with Crippen LogP contribution in [0.2, 0.25) is 0 Å². The van der Waals surface area contributed by atoms with Gasteiger partial charge in [0.05, 0.1) is 29.8 Å². The number of benzene rings is 1. The molecule has 0 fully saturated rings. The van der Waals surface area contributed by atoms with Gasteiger partial charge in [0.1, 0.15) is 11.6 Å². The Morgan fingerprint density at radius 3 is 2.52 bits per heavy atom. The summed E-state index contributed by atoms with van der Waals surface area (Å²) < 4.78 is 29.9. The average Bonchev–Trinajstić information content (AvgIpc) is 3.00. The molecule has 1 amide bonds. The van der Waals surface area contributed by atoms with Gasteiger partial charge in [-0.1, -0.05) is 13.8 Å². The van der Waals surface area contributed by atoms with Crippen molar-refractivity contribution in [3.8, 4) is 5.75 Å². The number of hydrogen-bond acceptors (Lipinski definition) is 5. The molecule has 8 nitrogen and oxygen atoms in total. The number of hydrogen-bond donors (Lipinski definition) is 2. The summed E-state index contributed by atoms with van der Waals surface area (Å²) >= 11 is 0. The van der Waals surface area contributed by atoms with E-state index in [-0.39, 0.29) is 22.3 Å². The summed E-state index contributed by atoms with van der Waals surface area (Å²) in [6.45, 7) is 6.10. The van der Waals surface area contributed by atoms with Crippen molar-refractivity contribution in [2.45, 2.75) is 31.7 Å². The van der Waals surface area contributed by atoms with Gasteiger partial charge in [0.15, 0.2) is 0 Å². The van der Waals surface area contributed by atoms with Crippen molar-refractivity contribution in [3.05, 3.63) is 36.0 Å². The first kappa shape index (κ1) is 18.9. The molecule has 2 aromatic rings. The number of nitrogens with zero attached hydrogens (tertiary/aromatic N) is 2. The molecule has 1 aromatic heterocycles. The molecule has 0 spiro atoms. The fraction of sp³-hybridized carbons (Fsp3) is 0.375. The zero-order valence-corrected chi connectivity index (χ0v) is 15.4. The van der Waals surface area contributed by atoms with E-state index >= 15 is 0 Å². The molecule has 25 heavy (non-hydrogen) atoms. The average molecular weight is 366 g/mol. The molecule has 0 aliphatic heterocycles. The van der Waals surface area contributed by atoms with Crippen LogP contribution in [0.4, 0.5) is 5.82 Å². The lowest BCUT2D eigenvalue weighted by molar-refractivity contribution is 0.102. The zero-order chi connectivity index (χ0) is 18.8. The minimum atomic E-state index is -3.93. The summed E-state index contributed by atoms with van der Waals surface area (Å²) in [4.78, 5) is 12.5. The van der Waals surface area contributed by atoms with E-state index < -0.39 is 15.9 Å². The summed E-state index contributed by atoms with van der Waals surface area (Å²) in [5, 5.41) is 12.1. The van der Waals surface area contributed by atoms with Crippen molar-refractivity contribution in [3.63, 3.8) is 0 Å². The van der Waals surface area contributed by atoms with Crippen molar-refractivity contribution in [1.29, 1.82) is 0 Å². The number of nitrogens with two attached hydrogens (primary N) is 1. The van der Waals surface area contributed by atoms with E-state index in [4.69, 9.17) is 9.88 Å². The maximum atomic E-state index is 12.6. The highest BCUT2D eigenvalue weighted by molar-refractivity contribution is 7.89. The smallest absolute Gasteiger partial charge is 0.260 e. The Kier molecular flexibility index (Phi) is 5.48. The van der Waals surface area contributed by atoms with Crippen LogP contribution in [0, 0.1) is 5.92 Å². The molecule has 0 saturated carbocycles. The Balaban J connectivity index is 2.38. The molecule has 2 rings (SSSR count). The lowest BCUT2D eigenvalue weighted by Gasteiger charge is -2.19. The molecule has 0 radical (unpaired) electrons. The highest BCUT2D eigenvalue weighted by atomic mass is 32.2. The van der Waals surface area contributed by atoms with Gasteiger partial charge in [-0.3, -0.25) is 4.79 Å². The minimum Gasteiger partial charge on any atom is -0.496 e. The fourth-order valence-electron chi connectivity index (χ4n) is 2.25. The number of nitrogens with one attached hydrogen (secondary N) is 1. The van der Waals surface area contributed by atoms with Gasteiger partial charge in [-0.25, -0.2) is 18.2 Å². The summed E-state index contributed by atoms with van der Waals surface area (Å²) in [6.07, 6.45) is 1.59. The maximum absolute atomic E-state index is 12.6. The number of primary sulfonamides is 1. The van der Waals surface area contributed by atoms with Gasteiger partial charge in [-0.05, 0) is 31.0 Å². The molecule has 1 aromatic carbocycles. The Hall–Kier alpha value is -2.39. The number of anilines is 1. The van der Waals surface area contributed by atoms with Crippen LogP contribution in [-0.4, -0.2) is 31.2 Å². The predicted molar refractivity (Wildman–Crippen MR) is 94.1 cm³/mol. The van der Waals surface area contributed by atoms with Crippen molar-refractivity contribution in [2.75, 3.05) is 12.4 Å². The van der Waals surface area contributed by atoms with Gasteiger partial charge in [0.2, 0.25) is 10.0 Å². The number of methoxy groups -OCH3 is 1. The van der Waals surface area contributed by atoms with Gasteiger partial charge in [-0.2, -0.15) is 5.10 Å². The summed E-state index contributed by atoms with van der Waals surface area (Å²) in [5.74, 6) is 0.554. The van der Waals surface area contributed by atoms with Crippen LogP contribution in [0.1, 0.15) is 37.2 Å². The lowest BCUT2D eigenvalue weighted by Crippen LogP contribution is -2.21. The van der Waals surface area contributed by atoms with Gasteiger partial charge in [-0.15, -0.1) is 0 Å². The van der Waals surface area contributed by atoms with E-state index in [1.54, 1.807) is 16.9 Å². The highest BCUT2D eigenvalue weighted by Crippen LogP contribution is 2.25. The summed E-state index contributed by atoms with van der Waals surface area (Å²) in [6, 6.07) is 5.62. The van der Waals surface area contributed by atoms with E-state index in [1.807, 2.05) is 6.92 Å². The molecule has 136 valence electrons. The monoisotopic (exact) mass is 366 g/mol. The molecule has 3 N–H and O–H groups in total. The molecule has 0 saturated heterocycles. The van der Waals surface area contributed by atoms with Crippen LogP contribution in [0.3, 0.4) is 0 Å². The van der Waals surface area contributed by atoms with Gasteiger partial charge >= 0.3 is 0 Å². The number of sulfonamides is 1. The fourth-order valence-corrected chi connectivity index (χ4v) is 2.79. The summed E-state index contributed by atoms with van der Waals surface area (Å²) in [5.41, 5.74) is 0.0685. The molecule has 1 unspecified atom stereocenters. The van der Waals surface area contributed by atoms with Gasteiger partial charge < -0.3 is 10.1 Å². The number of ether oxygens (including phenoxy) is 1. The Morgan fingerprint density at radius 2 is 1.96 bits per heavy atom. The Morgan fingerprint density at radius 1 is 1.28 bits per heavy atom. The highest BCUT2D eigenvalue weighted by Gasteiger charge is 2.20. The van der Waals surface area contributed by atoms with Crippen LogP contribution in [0.15, 0.2) is 35.4 Å². The molecule has 0 bridgehead atoms. The van der Waals surface area contributed by atoms with Crippen molar-refractivity contribution in [2.24, 2.45) is 11.1 Å². The molecule has 1 atom stereocenters. The molecular weight excluding hydrogens is 344 g/mol. The molecular formula is C16H22N4O4S. The predicted octanol–water partition coefficient (Wildman–Crippen LogP) is 2.01.